The Morgan fingerprint density at radius 1 is 1.28 bits per heavy atom. The maximum Gasteiger partial charge on any atom is 0.310 e. The first-order valence-corrected chi connectivity index (χ1v) is 5.30. The van der Waals surface area contributed by atoms with Crippen LogP contribution in [0, 0.1) is 11.7 Å². The average Bonchev–Trinajstić information content (AvgIpc) is 2.29. The van der Waals surface area contributed by atoms with E-state index in [1.165, 1.54) is 37.3 Å². The van der Waals surface area contributed by atoms with Crippen LogP contribution in [0.25, 0.3) is 6.08 Å². The van der Waals surface area contributed by atoms with E-state index < -0.39 is 23.7 Å². The lowest BCUT2D eigenvalue weighted by Gasteiger charge is -2.10. The molecule has 0 heterocycles. The molecule has 0 saturated carbocycles. The predicted octanol–water partition coefficient (Wildman–Crippen LogP) is 2.40. The molecule has 0 aliphatic carbocycles. The fourth-order valence-electron chi connectivity index (χ4n) is 1.44. The van der Waals surface area contributed by atoms with Crippen molar-refractivity contribution in [2.75, 3.05) is 0 Å². The molecule has 1 rings (SSSR count). The Kier molecular flexibility index (Phi) is 4.59. The van der Waals surface area contributed by atoms with Gasteiger partial charge in [0.25, 0.3) is 0 Å². The van der Waals surface area contributed by atoms with Crippen molar-refractivity contribution in [2.45, 2.75) is 13.3 Å². The Balaban J connectivity index is 3.05. The largest absolute Gasteiger partial charge is 0.481 e. The summed E-state index contributed by atoms with van der Waals surface area (Å²) in [6.45, 7) is 1.42. The van der Waals surface area contributed by atoms with Gasteiger partial charge in [-0.05, 0) is 30.2 Å². The molecule has 0 fully saturated rings. The van der Waals surface area contributed by atoms with E-state index in [0.29, 0.717) is 5.56 Å². The summed E-state index contributed by atoms with van der Waals surface area (Å²) in [5.74, 6) is -3.49. The number of carboxylic acid groups (broad SMARTS) is 2. The second-order valence-corrected chi connectivity index (χ2v) is 3.90. The third kappa shape index (κ3) is 4.01. The van der Waals surface area contributed by atoms with Gasteiger partial charge in [-0.2, -0.15) is 0 Å². The fraction of sp³-hybridized carbons (Fsp3) is 0.231. The van der Waals surface area contributed by atoms with Crippen molar-refractivity contribution in [1.29, 1.82) is 0 Å². The highest BCUT2D eigenvalue weighted by Gasteiger charge is 2.18. The van der Waals surface area contributed by atoms with Crippen LogP contribution in [0.1, 0.15) is 18.9 Å². The molecule has 1 aromatic rings. The number of carboxylic acids is 2. The second kappa shape index (κ2) is 5.95. The zero-order valence-electron chi connectivity index (χ0n) is 9.76. The molecular formula is C13H13FO4. The maximum atomic E-state index is 12.7. The maximum absolute atomic E-state index is 12.7. The van der Waals surface area contributed by atoms with E-state index in [1.54, 1.807) is 0 Å². The van der Waals surface area contributed by atoms with Gasteiger partial charge in [-0.3, -0.25) is 9.59 Å². The minimum atomic E-state index is -1.10. The number of rotatable bonds is 5. The van der Waals surface area contributed by atoms with E-state index in [0.717, 1.165) is 0 Å². The zero-order valence-corrected chi connectivity index (χ0v) is 9.76. The molecule has 1 unspecified atom stereocenters. The van der Waals surface area contributed by atoms with Crippen molar-refractivity contribution in [3.8, 4) is 0 Å². The summed E-state index contributed by atoms with van der Waals surface area (Å²) in [6, 6.07) is 5.39. The van der Waals surface area contributed by atoms with Crippen LogP contribution in [0.3, 0.4) is 0 Å². The Bertz CT molecular complexity index is 476. The number of halogens is 1. The minimum absolute atomic E-state index is 0.265. The van der Waals surface area contributed by atoms with Crippen LogP contribution in [-0.2, 0) is 9.59 Å². The summed E-state index contributed by atoms with van der Waals surface area (Å²) >= 11 is 0. The van der Waals surface area contributed by atoms with E-state index in [4.69, 9.17) is 10.2 Å². The Morgan fingerprint density at radius 3 is 2.28 bits per heavy atom. The molecular weight excluding hydrogens is 239 g/mol. The van der Waals surface area contributed by atoms with Crippen molar-refractivity contribution < 1.29 is 24.2 Å². The van der Waals surface area contributed by atoms with Crippen molar-refractivity contribution >= 4 is 18.0 Å². The number of carbonyl (C=O) groups is 2. The molecule has 0 spiro atoms. The van der Waals surface area contributed by atoms with Crippen LogP contribution in [0.4, 0.5) is 4.39 Å². The van der Waals surface area contributed by atoms with Gasteiger partial charge in [0, 0.05) is 0 Å². The molecule has 1 aromatic carbocycles. The summed E-state index contributed by atoms with van der Waals surface area (Å²) in [4.78, 5) is 21.6. The molecule has 0 bridgehead atoms. The van der Waals surface area contributed by atoms with Crippen LogP contribution >= 0.6 is 0 Å². The molecule has 5 heteroatoms. The summed E-state index contributed by atoms with van der Waals surface area (Å²) in [5, 5.41) is 17.6. The summed E-state index contributed by atoms with van der Waals surface area (Å²) in [5.41, 5.74) is 0.836. The van der Waals surface area contributed by atoms with Gasteiger partial charge in [-0.1, -0.05) is 18.2 Å². The summed E-state index contributed by atoms with van der Waals surface area (Å²) < 4.78 is 12.7. The SMILES string of the molecule is CC(C(=O)O)/C(=C\c1ccc(F)cc1)CC(=O)O. The first kappa shape index (κ1) is 13.9. The standard InChI is InChI=1S/C13H13FO4/c1-8(13(17)18)10(7-12(15)16)6-9-2-4-11(14)5-3-9/h2-6,8H,7H2,1H3,(H,15,16)(H,17,18)/b10-6-. The van der Waals surface area contributed by atoms with Crippen molar-refractivity contribution in [1.82, 2.24) is 0 Å². The minimum Gasteiger partial charge on any atom is -0.481 e. The van der Waals surface area contributed by atoms with Crippen molar-refractivity contribution in [3.05, 3.63) is 41.2 Å². The molecule has 1 atom stereocenters. The van der Waals surface area contributed by atoms with Gasteiger partial charge in [0.15, 0.2) is 0 Å². The van der Waals surface area contributed by atoms with Crippen molar-refractivity contribution in [2.24, 2.45) is 5.92 Å². The third-order valence-corrected chi connectivity index (χ3v) is 2.50. The van der Waals surface area contributed by atoms with E-state index in [1.807, 2.05) is 0 Å². The summed E-state index contributed by atoms with van der Waals surface area (Å²) in [6.07, 6.45) is 1.11. The van der Waals surface area contributed by atoms with E-state index >= 15 is 0 Å². The van der Waals surface area contributed by atoms with Crippen LogP contribution < -0.4 is 0 Å². The van der Waals surface area contributed by atoms with E-state index in [-0.39, 0.29) is 12.0 Å². The number of hydrogen-bond acceptors (Lipinski definition) is 2. The van der Waals surface area contributed by atoms with Gasteiger partial charge in [-0.25, -0.2) is 4.39 Å². The van der Waals surface area contributed by atoms with Gasteiger partial charge in [0.2, 0.25) is 0 Å². The van der Waals surface area contributed by atoms with E-state index in [9.17, 15) is 14.0 Å². The molecule has 0 aliphatic heterocycles. The monoisotopic (exact) mass is 252 g/mol. The molecule has 0 saturated heterocycles. The summed E-state index contributed by atoms with van der Waals surface area (Å²) in [7, 11) is 0. The Labute approximate surface area is 103 Å². The molecule has 18 heavy (non-hydrogen) atoms. The van der Waals surface area contributed by atoms with Crippen LogP contribution in [0.5, 0.6) is 0 Å². The molecule has 0 aromatic heterocycles. The number of benzene rings is 1. The van der Waals surface area contributed by atoms with Gasteiger partial charge >= 0.3 is 11.9 Å². The van der Waals surface area contributed by atoms with Gasteiger partial charge in [-0.15, -0.1) is 0 Å². The second-order valence-electron chi connectivity index (χ2n) is 3.90. The highest BCUT2D eigenvalue weighted by atomic mass is 19.1. The topological polar surface area (TPSA) is 74.6 Å². The molecule has 4 nitrogen and oxygen atoms in total. The average molecular weight is 252 g/mol. The number of hydrogen-bond donors (Lipinski definition) is 2. The molecule has 0 aliphatic rings. The first-order chi connectivity index (χ1) is 8.40. The van der Waals surface area contributed by atoms with Gasteiger partial charge in [0.1, 0.15) is 5.82 Å². The Morgan fingerprint density at radius 2 is 1.83 bits per heavy atom. The first-order valence-electron chi connectivity index (χ1n) is 5.30. The lowest BCUT2D eigenvalue weighted by molar-refractivity contribution is -0.140. The lowest BCUT2D eigenvalue weighted by atomic mass is 9.96. The highest BCUT2D eigenvalue weighted by Crippen LogP contribution is 2.19. The Hall–Kier alpha value is -2.17. The highest BCUT2D eigenvalue weighted by molar-refractivity contribution is 5.80. The van der Waals surface area contributed by atoms with E-state index in [2.05, 4.69) is 0 Å². The van der Waals surface area contributed by atoms with Crippen LogP contribution in [0.15, 0.2) is 29.8 Å². The van der Waals surface area contributed by atoms with Crippen LogP contribution in [0.2, 0.25) is 0 Å². The molecule has 0 radical (unpaired) electrons. The zero-order chi connectivity index (χ0) is 13.7. The lowest BCUT2D eigenvalue weighted by Crippen LogP contribution is -2.14. The predicted molar refractivity (Wildman–Crippen MR) is 63.4 cm³/mol. The van der Waals surface area contributed by atoms with Gasteiger partial charge < -0.3 is 10.2 Å². The molecule has 2 N–H and O–H groups in total. The quantitative estimate of drug-likeness (QED) is 0.843. The fourth-order valence-corrected chi connectivity index (χ4v) is 1.44. The molecule has 96 valence electrons. The third-order valence-electron chi connectivity index (χ3n) is 2.50. The molecule has 0 amide bonds. The smallest absolute Gasteiger partial charge is 0.310 e. The number of aliphatic carboxylic acids is 2. The van der Waals surface area contributed by atoms with Crippen LogP contribution in [-0.4, -0.2) is 22.2 Å². The van der Waals surface area contributed by atoms with Gasteiger partial charge in [0.05, 0.1) is 12.3 Å². The van der Waals surface area contributed by atoms with Crippen molar-refractivity contribution in [3.63, 3.8) is 0 Å². The normalized spacial score (nSPS) is 13.1.